The highest BCUT2D eigenvalue weighted by molar-refractivity contribution is 5.94. The van der Waals surface area contributed by atoms with Gasteiger partial charge < -0.3 is 10.4 Å². The molecule has 2 N–H and O–H groups in total. The van der Waals surface area contributed by atoms with E-state index in [1.165, 1.54) is 4.90 Å². The van der Waals surface area contributed by atoms with Crippen molar-refractivity contribution >= 4 is 17.7 Å². The fourth-order valence-corrected chi connectivity index (χ4v) is 2.05. The molecule has 5 nitrogen and oxygen atoms in total. The number of carbonyl (C=O) groups is 2. The molecule has 0 bridgehead atoms. The zero-order valence-electron chi connectivity index (χ0n) is 12.4. The zero-order chi connectivity index (χ0) is 15.3. The van der Waals surface area contributed by atoms with Crippen LogP contribution in [0.15, 0.2) is 18.2 Å². The number of aryl methyl sites for hydroxylation is 2. The van der Waals surface area contributed by atoms with Gasteiger partial charge >= 0.3 is 12.0 Å². The van der Waals surface area contributed by atoms with Crippen molar-refractivity contribution in [1.29, 1.82) is 0 Å². The van der Waals surface area contributed by atoms with Crippen LogP contribution in [-0.2, 0) is 4.79 Å². The van der Waals surface area contributed by atoms with Gasteiger partial charge in [-0.05, 0) is 43.5 Å². The molecule has 20 heavy (non-hydrogen) atoms. The number of aliphatic carboxylic acids is 1. The second kappa shape index (κ2) is 6.93. The maximum atomic E-state index is 12.1. The van der Waals surface area contributed by atoms with Crippen molar-refractivity contribution in [3.05, 3.63) is 29.3 Å². The van der Waals surface area contributed by atoms with Crippen molar-refractivity contribution in [2.75, 3.05) is 11.9 Å². The van der Waals surface area contributed by atoms with E-state index in [2.05, 4.69) is 5.32 Å². The number of nitrogens with zero attached hydrogens (tertiary/aromatic N) is 1. The van der Waals surface area contributed by atoms with Gasteiger partial charge in [0.25, 0.3) is 0 Å². The highest BCUT2D eigenvalue weighted by atomic mass is 16.4. The minimum absolute atomic E-state index is 0.407. The van der Waals surface area contributed by atoms with Gasteiger partial charge in [-0.1, -0.05) is 19.4 Å². The predicted molar refractivity (Wildman–Crippen MR) is 79.2 cm³/mol. The fourth-order valence-electron chi connectivity index (χ4n) is 2.05. The van der Waals surface area contributed by atoms with E-state index in [1.54, 1.807) is 7.05 Å². The molecule has 0 spiro atoms. The Balaban J connectivity index is 2.82. The standard InChI is InChI=1S/C15H22N2O3/c1-5-6-13(14(18)19)16-15(20)17(4)12-8-10(2)7-11(3)9-12/h7-9,13H,5-6H2,1-4H3,(H,16,20)(H,18,19)/t13-/m1/s1. The Bertz CT molecular complexity index is 480. The normalized spacial score (nSPS) is 11.8. The molecule has 0 radical (unpaired) electrons. The molecule has 2 amide bonds. The average Bonchev–Trinajstić information content (AvgIpc) is 2.35. The molecule has 0 heterocycles. The van der Waals surface area contributed by atoms with Crippen LogP contribution in [-0.4, -0.2) is 30.2 Å². The molecule has 0 saturated heterocycles. The highest BCUT2D eigenvalue weighted by Crippen LogP contribution is 2.17. The van der Waals surface area contributed by atoms with Crippen LogP contribution in [0.4, 0.5) is 10.5 Å². The smallest absolute Gasteiger partial charge is 0.326 e. The van der Waals surface area contributed by atoms with Crippen LogP contribution < -0.4 is 10.2 Å². The number of amides is 2. The summed E-state index contributed by atoms with van der Waals surface area (Å²) in [7, 11) is 1.63. The average molecular weight is 278 g/mol. The number of carbonyl (C=O) groups excluding carboxylic acids is 1. The van der Waals surface area contributed by atoms with Gasteiger partial charge in [-0.25, -0.2) is 9.59 Å². The van der Waals surface area contributed by atoms with Crippen LogP contribution in [0, 0.1) is 13.8 Å². The first-order chi connectivity index (χ1) is 9.35. The van der Waals surface area contributed by atoms with Crippen molar-refractivity contribution in [2.24, 2.45) is 0 Å². The number of nitrogens with one attached hydrogen (secondary N) is 1. The van der Waals surface area contributed by atoms with Gasteiger partial charge in [0.15, 0.2) is 0 Å². The van der Waals surface area contributed by atoms with Crippen molar-refractivity contribution in [1.82, 2.24) is 5.32 Å². The largest absolute Gasteiger partial charge is 0.480 e. The quantitative estimate of drug-likeness (QED) is 0.870. The lowest BCUT2D eigenvalue weighted by Gasteiger charge is -2.22. The number of carboxylic acids is 1. The number of carboxylic acid groups (broad SMARTS) is 1. The molecular formula is C15H22N2O3. The van der Waals surface area contributed by atoms with Crippen LogP contribution in [0.3, 0.4) is 0 Å². The molecule has 0 aliphatic heterocycles. The molecule has 110 valence electrons. The van der Waals surface area contributed by atoms with Gasteiger partial charge in [-0.15, -0.1) is 0 Å². The second-order valence-electron chi connectivity index (χ2n) is 5.03. The minimum atomic E-state index is -1.01. The van der Waals surface area contributed by atoms with E-state index < -0.39 is 18.0 Å². The summed E-state index contributed by atoms with van der Waals surface area (Å²) in [6.45, 7) is 5.80. The first-order valence-electron chi connectivity index (χ1n) is 6.70. The van der Waals surface area contributed by atoms with Crippen molar-refractivity contribution < 1.29 is 14.7 Å². The van der Waals surface area contributed by atoms with E-state index in [4.69, 9.17) is 5.11 Å². The van der Waals surface area contributed by atoms with Crippen molar-refractivity contribution in [2.45, 2.75) is 39.7 Å². The van der Waals surface area contributed by atoms with Crippen molar-refractivity contribution in [3.63, 3.8) is 0 Å². The second-order valence-corrected chi connectivity index (χ2v) is 5.03. The minimum Gasteiger partial charge on any atom is -0.480 e. The first kappa shape index (κ1) is 16.0. The van der Waals surface area contributed by atoms with E-state index in [0.29, 0.717) is 12.8 Å². The number of hydrogen-bond acceptors (Lipinski definition) is 2. The number of benzene rings is 1. The molecule has 1 aromatic rings. The zero-order valence-corrected chi connectivity index (χ0v) is 12.4. The topological polar surface area (TPSA) is 69.6 Å². The number of urea groups is 1. The number of hydrogen-bond donors (Lipinski definition) is 2. The molecule has 1 aromatic carbocycles. The summed E-state index contributed by atoms with van der Waals surface area (Å²) >= 11 is 0. The number of anilines is 1. The Hall–Kier alpha value is -2.04. The molecule has 0 aromatic heterocycles. The maximum absolute atomic E-state index is 12.1. The van der Waals surface area contributed by atoms with Gasteiger partial charge in [0.1, 0.15) is 6.04 Å². The Morgan fingerprint density at radius 1 is 1.25 bits per heavy atom. The summed E-state index contributed by atoms with van der Waals surface area (Å²) in [5, 5.41) is 11.6. The maximum Gasteiger partial charge on any atom is 0.326 e. The van der Waals surface area contributed by atoms with Crippen LogP contribution in [0.25, 0.3) is 0 Å². The summed E-state index contributed by atoms with van der Waals surface area (Å²) in [6.07, 6.45) is 1.12. The third-order valence-electron chi connectivity index (χ3n) is 3.07. The van der Waals surface area contributed by atoms with E-state index >= 15 is 0 Å². The lowest BCUT2D eigenvalue weighted by molar-refractivity contribution is -0.139. The third-order valence-corrected chi connectivity index (χ3v) is 3.07. The summed E-state index contributed by atoms with van der Waals surface area (Å²) in [4.78, 5) is 24.6. The van der Waals surface area contributed by atoms with E-state index in [1.807, 2.05) is 39.0 Å². The molecule has 0 fully saturated rings. The van der Waals surface area contributed by atoms with E-state index in [-0.39, 0.29) is 0 Å². The SMILES string of the molecule is CCC[C@@H](NC(=O)N(C)c1cc(C)cc(C)c1)C(=O)O. The Morgan fingerprint density at radius 3 is 2.25 bits per heavy atom. The van der Waals surface area contributed by atoms with Gasteiger partial charge in [-0.3, -0.25) is 4.90 Å². The monoisotopic (exact) mass is 278 g/mol. The molecule has 0 aliphatic rings. The third kappa shape index (κ3) is 4.26. The predicted octanol–water partition coefficient (Wildman–Crippen LogP) is 2.70. The van der Waals surface area contributed by atoms with E-state index in [0.717, 1.165) is 16.8 Å². The van der Waals surface area contributed by atoms with Crippen LogP contribution in [0.5, 0.6) is 0 Å². The summed E-state index contributed by atoms with van der Waals surface area (Å²) < 4.78 is 0. The van der Waals surface area contributed by atoms with Crippen molar-refractivity contribution in [3.8, 4) is 0 Å². The molecule has 0 aliphatic carbocycles. The van der Waals surface area contributed by atoms with E-state index in [9.17, 15) is 9.59 Å². The fraction of sp³-hybridized carbons (Fsp3) is 0.467. The lowest BCUT2D eigenvalue weighted by Crippen LogP contribution is -2.46. The molecule has 1 rings (SSSR count). The van der Waals surface area contributed by atoms with Crippen LogP contribution in [0.1, 0.15) is 30.9 Å². The molecule has 1 atom stereocenters. The van der Waals surface area contributed by atoms with Gasteiger partial charge in [0, 0.05) is 12.7 Å². The van der Waals surface area contributed by atoms with Crippen LogP contribution >= 0.6 is 0 Å². The van der Waals surface area contributed by atoms with Gasteiger partial charge in [0.2, 0.25) is 0 Å². The molecule has 5 heteroatoms. The summed E-state index contributed by atoms with van der Waals surface area (Å²) in [5.74, 6) is -1.01. The van der Waals surface area contributed by atoms with Crippen LogP contribution in [0.2, 0.25) is 0 Å². The molecule has 0 unspecified atom stereocenters. The molecule has 0 saturated carbocycles. The van der Waals surface area contributed by atoms with Gasteiger partial charge in [0.05, 0.1) is 0 Å². The summed E-state index contributed by atoms with van der Waals surface area (Å²) in [6, 6.07) is 4.55. The van der Waals surface area contributed by atoms with Gasteiger partial charge in [-0.2, -0.15) is 0 Å². The Morgan fingerprint density at radius 2 is 1.80 bits per heavy atom. The first-order valence-corrected chi connectivity index (χ1v) is 6.70. The number of rotatable bonds is 5. The Kier molecular flexibility index (Phi) is 5.55. The highest BCUT2D eigenvalue weighted by Gasteiger charge is 2.21. The molecular weight excluding hydrogens is 256 g/mol. The summed E-state index contributed by atoms with van der Waals surface area (Å²) in [5.41, 5.74) is 2.87. The lowest BCUT2D eigenvalue weighted by atomic mass is 10.1. The Labute approximate surface area is 119 Å².